The third-order valence-electron chi connectivity index (χ3n) is 4.75. The lowest BCUT2D eigenvalue weighted by molar-refractivity contribution is -0.143. The average Bonchev–Trinajstić information content (AvgIpc) is 2.61. The second-order valence-corrected chi connectivity index (χ2v) is 7.45. The number of nitrogens with one attached hydrogen (secondary N) is 3. The van der Waals surface area contributed by atoms with Crippen molar-refractivity contribution >= 4 is 29.5 Å². The Kier molecular flexibility index (Phi) is 12.3. The number of carboxylic acid groups (broad SMARTS) is 1. The van der Waals surface area contributed by atoms with Gasteiger partial charge >= 0.3 is 5.97 Å². The summed E-state index contributed by atoms with van der Waals surface area (Å²) in [5.41, 5.74) is 10.6. The molecule has 0 spiro atoms. The van der Waals surface area contributed by atoms with E-state index in [1.165, 1.54) is 6.92 Å². The number of rotatable bonds is 15. The number of aliphatic carboxylic acids is 1. The second-order valence-electron chi connectivity index (χ2n) is 7.45. The summed E-state index contributed by atoms with van der Waals surface area (Å²) >= 11 is 0. The lowest BCUT2D eigenvalue weighted by Crippen LogP contribution is -2.46. The normalized spacial score (nSPS) is 14.9. The molecule has 0 rings (SSSR count). The van der Waals surface area contributed by atoms with Gasteiger partial charge in [0.1, 0.15) is 6.04 Å². The van der Waals surface area contributed by atoms with E-state index < -0.39 is 35.7 Å². The molecule has 3 unspecified atom stereocenters. The van der Waals surface area contributed by atoms with E-state index in [2.05, 4.69) is 10.6 Å². The third-order valence-corrected chi connectivity index (χ3v) is 4.75. The molecule has 0 saturated carbocycles. The van der Waals surface area contributed by atoms with Gasteiger partial charge in [0.2, 0.25) is 17.7 Å². The molecule has 0 radical (unpaired) electrons. The van der Waals surface area contributed by atoms with Crippen LogP contribution in [-0.4, -0.2) is 46.7 Å². The summed E-state index contributed by atoms with van der Waals surface area (Å²) < 4.78 is 0. The third kappa shape index (κ3) is 11.7. The first-order valence-corrected chi connectivity index (χ1v) is 9.90. The fourth-order valence-electron chi connectivity index (χ4n) is 3.05. The van der Waals surface area contributed by atoms with Crippen molar-refractivity contribution in [1.82, 2.24) is 10.6 Å². The van der Waals surface area contributed by atoms with Gasteiger partial charge in [-0.15, -0.1) is 0 Å². The number of carbonyl (C=O) groups is 4. The van der Waals surface area contributed by atoms with Crippen molar-refractivity contribution < 1.29 is 24.3 Å². The zero-order valence-electron chi connectivity index (χ0n) is 17.5. The van der Waals surface area contributed by atoms with Crippen LogP contribution in [0.25, 0.3) is 0 Å². The summed E-state index contributed by atoms with van der Waals surface area (Å²) in [6.45, 7) is 4.81. The topological polar surface area (TPSA) is 188 Å². The monoisotopic (exact) mass is 413 g/mol. The number of nitrogens with two attached hydrogens (primary N) is 2. The van der Waals surface area contributed by atoms with E-state index in [-0.39, 0.29) is 30.6 Å². The van der Waals surface area contributed by atoms with Crippen LogP contribution < -0.4 is 22.1 Å². The van der Waals surface area contributed by atoms with Crippen LogP contribution in [0.4, 0.5) is 0 Å². The van der Waals surface area contributed by atoms with Crippen LogP contribution in [0, 0.1) is 17.2 Å². The molecule has 0 aromatic carbocycles. The largest absolute Gasteiger partial charge is 0.481 e. The molecular weight excluding hydrogens is 378 g/mol. The van der Waals surface area contributed by atoms with Crippen LogP contribution in [0.2, 0.25) is 0 Å². The first-order chi connectivity index (χ1) is 13.5. The number of amidine groups is 1. The van der Waals surface area contributed by atoms with Gasteiger partial charge in [-0.3, -0.25) is 24.6 Å². The van der Waals surface area contributed by atoms with Gasteiger partial charge in [-0.2, -0.15) is 0 Å². The molecule has 10 heteroatoms. The molecule has 0 aromatic heterocycles. The lowest BCUT2D eigenvalue weighted by Gasteiger charge is -2.24. The Labute approximate surface area is 171 Å². The SMILES string of the molecule is CCC(CC(CC(C)C(=O)N[C@@H](CCCCC(=N)N)C(N)=O)C(=O)O)NC(C)=O. The zero-order valence-corrected chi connectivity index (χ0v) is 17.5. The van der Waals surface area contributed by atoms with Gasteiger partial charge in [0, 0.05) is 25.3 Å². The molecule has 8 N–H and O–H groups in total. The van der Waals surface area contributed by atoms with Crippen molar-refractivity contribution in [2.24, 2.45) is 23.3 Å². The Bertz CT molecular complexity index is 596. The minimum Gasteiger partial charge on any atom is -0.481 e. The van der Waals surface area contributed by atoms with Crippen LogP contribution in [-0.2, 0) is 19.2 Å². The predicted molar refractivity (Wildman–Crippen MR) is 109 cm³/mol. The van der Waals surface area contributed by atoms with E-state index in [1.807, 2.05) is 6.92 Å². The summed E-state index contributed by atoms with van der Waals surface area (Å²) in [6.07, 6.45) is 2.77. The van der Waals surface area contributed by atoms with Gasteiger partial charge in [-0.05, 0) is 32.1 Å². The quantitative estimate of drug-likeness (QED) is 0.129. The van der Waals surface area contributed by atoms with E-state index in [0.29, 0.717) is 32.1 Å². The number of hydrogen-bond acceptors (Lipinski definition) is 5. The molecule has 0 bridgehead atoms. The minimum absolute atomic E-state index is 0.0580. The molecule has 0 saturated heterocycles. The number of carbonyl (C=O) groups excluding carboxylic acids is 3. The van der Waals surface area contributed by atoms with Crippen LogP contribution >= 0.6 is 0 Å². The Morgan fingerprint density at radius 2 is 1.69 bits per heavy atom. The van der Waals surface area contributed by atoms with Crippen LogP contribution in [0.1, 0.15) is 65.7 Å². The lowest BCUT2D eigenvalue weighted by atomic mass is 9.89. The molecule has 0 aromatic rings. The van der Waals surface area contributed by atoms with E-state index >= 15 is 0 Å². The smallest absolute Gasteiger partial charge is 0.306 e. The fraction of sp³-hybridized carbons (Fsp3) is 0.737. The van der Waals surface area contributed by atoms with Gasteiger partial charge < -0.3 is 27.2 Å². The minimum atomic E-state index is -1.04. The number of carboxylic acids is 1. The highest BCUT2D eigenvalue weighted by molar-refractivity contribution is 5.87. The van der Waals surface area contributed by atoms with Crippen molar-refractivity contribution in [3.63, 3.8) is 0 Å². The molecule has 0 heterocycles. The number of unbranched alkanes of at least 4 members (excludes halogenated alkanes) is 1. The van der Waals surface area contributed by atoms with Gasteiger partial charge in [0.05, 0.1) is 11.8 Å². The number of primary amides is 1. The number of hydrogen-bond donors (Lipinski definition) is 6. The van der Waals surface area contributed by atoms with Crippen molar-refractivity contribution in [3.05, 3.63) is 0 Å². The fourth-order valence-corrected chi connectivity index (χ4v) is 3.05. The van der Waals surface area contributed by atoms with Crippen LogP contribution in [0.3, 0.4) is 0 Å². The van der Waals surface area contributed by atoms with E-state index in [1.54, 1.807) is 6.92 Å². The highest BCUT2D eigenvalue weighted by Crippen LogP contribution is 2.20. The molecule has 0 fully saturated rings. The Morgan fingerprint density at radius 3 is 2.14 bits per heavy atom. The molecule has 29 heavy (non-hydrogen) atoms. The highest BCUT2D eigenvalue weighted by atomic mass is 16.4. The molecule has 0 aliphatic heterocycles. The van der Waals surface area contributed by atoms with Crippen LogP contribution in [0.15, 0.2) is 0 Å². The van der Waals surface area contributed by atoms with Crippen molar-refractivity contribution in [2.45, 2.75) is 77.8 Å². The predicted octanol–water partition coefficient (Wildman–Crippen LogP) is 0.485. The maximum absolute atomic E-state index is 12.5. The van der Waals surface area contributed by atoms with Crippen LogP contribution in [0.5, 0.6) is 0 Å². The molecule has 10 nitrogen and oxygen atoms in total. The molecule has 3 amide bonds. The highest BCUT2D eigenvalue weighted by Gasteiger charge is 2.28. The first kappa shape index (κ1) is 26.4. The summed E-state index contributed by atoms with van der Waals surface area (Å²) in [5, 5.41) is 22.0. The zero-order chi connectivity index (χ0) is 22.6. The Balaban J connectivity index is 4.81. The maximum atomic E-state index is 12.5. The summed E-state index contributed by atoms with van der Waals surface area (Å²) in [4.78, 5) is 46.9. The molecule has 0 aliphatic carbocycles. The summed E-state index contributed by atoms with van der Waals surface area (Å²) in [5.74, 6) is -3.79. The van der Waals surface area contributed by atoms with E-state index in [4.69, 9.17) is 16.9 Å². The van der Waals surface area contributed by atoms with Gasteiger partial charge in [0.15, 0.2) is 0 Å². The molecule has 4 atom stereocenters. The van der Waals surface area contributed by atoms with Gasteiger partial charge in [-0.25, -0.2) is 0 Å². The molecule has 0 aliphatic rings. The standard InChI is InChI=1S/C19H35N5O5/c1-4-14(23-12(3)25)10-13(19(28)29)9-11(2)18(27)24-15(17(22)26)7-5-6-8-16(20)21/h11,13-15H,4-10H2,1-3H3,(H3,20,21)(H2,22,26)(H,23,25)(H,24,27)(H,28,29)/t11?,13?,14?,15-/m0/s1. The molecular formula is C19H35N5O5. The van der Waals surface area contributed by atoms with E-state index in [9.17, 15) is 24.3 Å². The van der Waals surface area contributed by atoms with Crippen molar-refractivity contribution in [2.75, 3.05) is 0 Å². The summed E-state index contributed by atoms with van der Waals surface area (Å²) in [7, 11) is 0. The van der Waals surface area contributed by atoms with Crippen molar-refractivity contribution in [1.29, 1.82) is 5.41 Å². The van der Waals surface area contributed by atoms with Gasteiger partial charge in [0.25, 0.3) is 0 Å². The Hall–Kier alpha value is -2.65. The van der Waals surface area contributed by atoms with Crippen molar-refractivity contribution in [3.8, 4) is 0 Å². The molecule has 166 valence electrons. The van der Waals surface area contributed by atoms with E-state index in [0.717, 1.165) is 0 Å². The van der Waals surface area contributed by atoms with Gasteiger partial charge in [-0.1, -0.05) is 20.3 Å². The number of amides is 3. The average molecular weight is 414 g/mol. The second kappa shape index (κ2) is 13.5. The Morgan fingerprint density at radius 1 is 1.07 bits per heavy atom. The first-order valence-electron chi connectivity index (χ1n) is 9.90. The maximum Gasteiger partial charge on any atom is 0.306 e. The summed E-state index contributed by atoms with van der Waals surface area (Å²) in [6, 6.07) is -1.15.